The first-order valence-corrected chi connectivity index (χ1v) is 19.5. The van der Waals surface area contributed by atoms with Crippen molar-refractivity contribution in [2.45, 2.75) is 18.8 Å². The third-order valence-corrected chi connectivity index (χ3v) is 12.6. The Labute approximate surface area is 336 Å². The molecule has 4 amide bonds. The van der Waals surface area contributed by atoms with Gasteiger partial charge in [-0.3, -0.25) is 29.0 Å². The number of nitrogens with zero attached hydrogens (tertiary/aromatic N) is 4. The molecule has 2 aromatic heterocycles. The van der Waals surface area contributed by atoms with E-state index in [1.165, 1.54) is 23.0 Å². The molecule has 1 saturated carbocycles. The van der Waals surface area contributed by atoms with Crippen LogP contribution in [0.25, 0.3) is 45.1 Å². The smallest absolute Gasteiger partial charge is 0.238 e. The van der Waals surface area contributed by atoms with E-state index in [9.17, 15) is 24.3 Å². The fraction of sp³-hybridized carbons (Fsp3) is 0.191. The molecule has 2 saturated heterocycles. The van der Waals surface area contributed by atoms with Gasteiger partial charge in [-0.25, -0.2) is 9.97 Å². The van der Waals surface area contributed by atoms with Crippen LogP contribution in [0.1, 0.15) is 24.3 Å². The second kappa shape index (κ2) is 13.1. The number of allylic oxidation sites excluding steroid dienone is 2. The van der Waals surface area contributed by atoms with Crippen LogP contribution in [0.4, 0.5) is 11.4 Å². The molecule has 11 rings (SSSR count). The van der Waals surface area contributed by atoms with Gasteiger partial charge in [0.2, 0.25) is 35.4 Å². The lowest BCUT2D eigenvalue weighted by atomic mass is 9.57. The Morgan fingerprint density at radius 2 is 1.15 bits per heavy atom. The summed E-state index contributed by atoms with van der Waals surface area (Å²) < 4.78 is 17.6. The van der Waals surface area contributed by atoms with Crippen molar-refractivity contribution in [2.75, 3.05) is 16.9 Å². The van der Waals surface area contributed by atoms with Crippen molar-refractivity contribution in [1.82, 2.24) is 9.97 Å². The Morgan fingerprint density at radius 3 is 1.71 bits per heavy atom. The number of phenolic OH excluding ortho intramolecular Hbond substituents is 1. The number of aromatic nitrogens is 2. The minimum Gasteiger partial charge on any atom is -0.508 e. The Kier molecular flexibility index (Phi) is 7.74. The van der Waals surface area contributed by atoms with Gasteiger partial charge in [-0.2, -0.15) is 0 Å². The number of hydrogen-bond acceptors (Lipinski definition) is 10. The minimum absolute atomic E-state index is 0.0901. The Morgan fingerprint density at radius 1 is 0.610 bits per heavy atom. The topological polar surface area (TPSA) is 156 Å². The number of aromatic hydroxyl groups is 1. The molecule has 1 N–H and O–H groups in total. The van der Waals surface area contributed by atoms with Crippen LogP contribution in [0.2, 0.25) is 0 Å². The van der Waals surface area contributed by atoms with E-state index in [0.29, 0.717) is 62.3 Å². The molecule has 0 radical (unpaired) electrons. The molecule has 3 fully saturated rings. The van der Waals surface area contributed by atoms with Gasteiger partial charge in [0.25, 0.3) is 0 Å². The number of fused-ring (bicyclic) bond motifs is 6. The zero-order chi connectivity index (χ0) is 40.1. The molecule has 4 aliphatic rings. The second-order valence-corrected chi connectivity index (χ2v) is 15.5. The number of phenols is 1. The van der Waals surface area contributed by atoms with E-state index >= 15 is 0 Å². The van der Waals surface area contributed by atoms with Gasteiger partial charge in [-0.15, -0.1) is 0 Å². The van der Waals surface area contributed by atoms with Crippen LogP contribution in [0, 0.1) is 29.6 Å². The number of anilines is 2. The number of imide groups is 2. The molecular formula is C47H34N4O8. The number of carbonyl (C=O) groups excluding carboxylic acids is 4. The number of methoxy groups -OCH3 is 1. The lowest BCUT2D eigenvalue weighted by Gasteiger charge is -2.44. The number of para-hydroxylation sites is 4. The summed E-state index contributed by atoms with van der Waals surface area (Å²) in [5.41, 5.74) is 6.01. The van der Waals surface area contributed by atoms with Crippen LogP contribution in [-0.4, -0.2) is 45.8 Å². The molecule has 12 heteroatoms. The van der Waals surface area contributed by atoms with Gasteiger partial charge < -0.3 is 18.7 Å². The quantitative estimate of drug-likeness (QED) is 0.129. The first-order valence-electron chi connectivity index (χ1n) is 19.5. The summed E-state index contributed by atoms with van der Waals surface area (Å²) >= 11 is 0. The summed E-state index contributed by atoms with van der Waals surface area (Å²) in [6, 6.07) is 33.7. The molecule has 0 unspecified atom stereocenters. The number of ether oxygens (including phenoxy) is 1. The average molecular weight is 783 g/mol. The van der Waals surface area contributed by atoms with Gasteiger partial charge in [0.1, 0.15) is 22.5 Å². The number of rotatable bonds is 6. The van der Waals surface area contributed by atoms with Crippen molar-refractivity contribution >= 4 is 57.2 Å². The van der Waals surface area contributed by atoms with Gasteiger partial charge in [0.15, 0.2) is 11.2 Å². The molecule has 59 heavy (non-hydrogen) atoms. The molecule has 2 aliphatic carbocycles. The van der Waals surface area contributed by atoms with E-state index in [-0.39, 0.29) is 30.4 Å². The van der Waals surface area contributed by atoms with Gasteiger partial charge in [0, 0.05) is 22.6 Å². The highest BCUT2D eigenvalue weighted by atomic mass is 16.5. The first kappa shape index (κ1) is 34.9. The van der Waals surface area contributed by atoms with E-state index in [1.807, 2.05) is 54.6 Å². The summed E-state index contributed by atoms with van der Waals surface area (Å²) in [6.45, 7) is 0. The fourth-order valence-corrected chi connectivity index (χ4v) is 9.94. The number of benzene rings is 5. The Bertz CT molecular complexity index is 2860. The molecule has 0 spiro atoms. The van der Waals surface area contributed by atoms with E-state index in [2.05, 4.69) is 9.97 Å². The predicted molar refractivity (Wildman–Crippen MR) is 216 cm³/mol. The number of hydrogen-bond donors (Lipinski definition) is 1. The predicted octanol–water partition coefficient (Wildman–Crippen LogP) is 8.06. The number of oxazole rings is 2. The summed E-state index contributed by atoms with van der Waals surface area (Å²) in [7, 11) is 1.49. The standard InChI is InChI=1S/C47H34N4O8/c1-57-37-12-6-9-34(52)41(37)39-28-21-22-29-38(46(55)50(44(29)53)26-17-13-24(14-18-26)42-48-32-7-2-4-10-35(32)58-42)30(28)23-31-40(39)47(56)51(45(31)54)27-19-15-25(16-20-27)43-49-33-8-3-5-11-36(33)59-43/h2-21,29-31,38-40,52H,22-23H2,1H3/t29-,30+,31+,38-,39-,40+/m0/s1. The van der Waals surface area contributed by atoms with Crippen molar-refractivity contribution in [3.05, 3.63) is 132 Å². The van der Waals surface area contributed by atoms with Crippen LogP contribution >= 0.6 is 0 Å². The summed E-state index contributed by atoms with van der Waals surface area (Å²) in [4.78, 5) is 69.8. The van der Waals surface area contributed by atoms with Gasteiger partial charge in [0.05, 0.1) is 42.2 Å². The van der Waals surface area contributed by atoms with E-state index in [0.717, 1.165) is 11.1 Å². The number of carbonyl (C=O) groups is 4. The van der Waals surface area contributed by atoms with E-state index in [1.54, 1.807) is 60.7 Å². The van der Waals surface area contributed by atoms with Crippen LogP contribution in [0.15, 0.2) is 136 Å². The molecule has 5 aromatic carbocycles. The molecule has 6 atom stereocenters. The summed E-state index contributed by atoms with van der Waals surface area (Å²) in [5.74, 6) is -4.98. The van der Waals surface area contributed by atoms with Crippen molar-refractivity contribution in [3.63, 3.8) is 0 Å². The third kappa shape index (κ3) is 5.22. The van der Waals surface area contributed by atoms with Gasteiger partial charge in [-0.05, 0) is 104 Å². The minimum atomic E-state index is -0.900. The maximum atomic E-state index is 14.7. The second-order valence-electron chi connectivity index (χ2n) is 15.5. The lowest BCUT2D eigenvalue weighted by molar-refractivity contribution is -0.126. The maximum Gasteiger partial charge on any atom is 0.238 e. The van der Waals surface area contributed by atoms with Crippen LogP contribution in [-0.2, 0) is 19.2 Å². The molecule has 290 valence electrons. The lowest BCUT2D eigenvalue weighted by Crippen LogP contribution is -2.43. The maximum absolute atomic E-state index is 14.7. The Hall–Kier alpha value is -7.34. The van der Waals surface area contributed by atoms with Crippen LogP contribution < -0.4 is 14.5 Å². The van der Waals surface area contributed by atoms with Gasteiger partial charge >= 0.3 is 0 Å². The van der Waals surface area contributed by atoms with E-state index < -0.39 is 47.3 Å². The third-order valence-electron chi connectivity index (χ3n) is 12.6. The average Bonchev–Trinajstić information content (AvgIpc) is 4.02. The van der Waals surface area contributed by atoms with Gasteiger partial charge in [-0.1, -0.05) is 42.0 Å². The highest BCUT2D eigenvalue weighted by Crippen LogP contribution is 2.60. The van der Waals surface area contributed by atoms with Crippen molar-refractivity contribution in [3.8, 4) is 34.4 Å². The highest BCUT2D eigenvalue weighted by Gasteiger charge is 2.63. The largest absolute Gasteiger partial charge is 0.508 e. The fourth-order valence-electron chi connectivity index (χ4n) is 9.94. The number of amides is 4. The first-order chi connectivity index (χ1) is 28.8. The molecule has 4 heterocycles. The van der Waals surface area contributed by atoms with Crippen molar-refractivity contribution in [2.24, 2.45) is 29.6 Å². The summed E-state index contributed by atoms with van der Waals surface area (Å²) in [6.07, 6.45) is 2.38. The van der Waals surface area contributed by atoms with E-state index in [4.69, 9.17) is 13.6 Å². The zero-order valence-electron chi connectivity index (χ0n) is 31.5. The highest BCUT2D eigenvalue weighted by molar-refractivity contribution is 6.24. The van der Waals surface area contributed by atoms with Crippen molar-refractivity contribution < 1.29 is 37.9 Å². The van der Waals surface area contributed by atoms with Crippen molar-refractivity contribution in [1.29, 1.82) is 0 Å². The normalized spacial score (nSPS) is 23.8. The molecule has 0 bridgehead atoms. The molecule has 2 aliphatic heterocycles. The van der Waals surface area contributed by atoms with Crippen LogP contribution in [0.3, 0.4) is 0 Å². The molecule has 12 nitrogen and oxygen atoms in total. The Balaban J connectivity index is 0.943. The monoisotopic (exact) mass is 782 g/mol. The zero-order valence-corrected chi connectivity index (χ0v) is 31.5. The SMILES string of the molecule is COc1cccc(O)c1[C@H]1C2=CC[C@@H]3C(=O)N(c4ccc(-c5nc6ccccc6o5)cc4)C(=O)[C@@H]3[C@@H]2C[C@H]2C(=O)N(c3ccc(-c4nc5ccccc5o4)cc3)C(=O)[C@@H]12. The molecular weight excluding hydrogens is 749 g/mol. The van der Waals surface area contributed by atoms with Crippen LogP contribution in [0.5, 0.6) is 11.5 Å². The molecule has 7 aromatic rings. The summed E-state index contributed by atoms with van der Waals surface area (Å²) in [5, 5.41) is 11.5.